The summed E-state index contributed by atoms with van der Waals surface area (Å²) < 4.78 is 6.24. The first-order valence-electron chi connectivity index (χ1n) is 4.46. The summed E-state index contributed by atoms with van der Waals surface area (Å²) >= 11 is 6.04. The van der Waals surface area contributed by atoms with Crippen molar-refractivity contribution >= 4 is 17.6 Å². The van der Waals surface area contributed by atoms with Crippen LogP contribution in [-0.2, 0) is 4.74 Å². The van der Waals surface area contributed by atoms with Crippen molar-refractivity contribution in [1.82, 2.24) is 14.8 Å². The fraction of sp³-hybridized carbons (Fsp3) is 0.100. The first-order chi connectivity index (χ1) is 7.74. The van der Waals surface area contributed by atoms with Crippen LogP contribution in [0.2, 0.25) is 5.02 Å². The van der Waals surface area contributed by atoms with E-state index in [1.165, 1.54) is 19.8 Å². The molecule has 0 aliphatic heterocycles. The van der Waals surface area contributed by atoms with Gasteiger partial charge in [-0.2, -0.15) is 0 Å². The lowest BCUT2D eigenvalue weighted by Crippen LogP contribution is -2.07. The monoisotopic (exact) mass is 237 g/mol. The highest BCUT2D eigenvalue weighted by Gasteiger charge is 2.15. The first kappa shape index (κ1) is 10.6. The summed E-state index contributed by atoms with van der Waals surface area (Å²) in [6.45, 7) is 0. The average molecular weight is 238 g/mol. The van der Waals surface area contributed by atoms with Gasteiger partial charge in [0.25, 0.3) is 0 Å². The maximum Gasteiger partial charge on any atom is 0.340 e. The van der Waals surface area contributed by atoms with Crippen LogP contribution in [0.1, 0.15) is 10.4 Å². The molecule has 16 heavy (non-hydrogen) atoms. The zero-order valence-corrected chi connectivity index (χ0v) is 9.18. The van der Waals surface area contributed by atoms with Crippen LogP contribution in [0.15, 0.2) is 30.9 Å². The molecule has 1 aromatic heterocycles. The zero-order chi connectivity index (χ0) is 11.5. The van der Waals surface area contributed by atoms with Gasteiger partial charge in [0.15, 0.2) is 0 Å². The number of carbonyl (C=O) groups excluding carboxylic acids is 1. The number of hydrogen-bond donors (Lipinski definition) is 0. The molecule has 5 nitrogen and oxygen atoms in total. The van der Waals surface area contributed by atoms with E-state index in [4.69, 9.17) is 11.6 Å². The lowest BCUT2D eigenvalue weighted by Gasteiger charge is -2.09. The van der Waals surface area contributed by atoms with E-state index in [-0.39, 0.29) is 0 Å². The smallest absolute Gasteiger partial charge is 0.340 e. The van der Waals surface area contributed by atoms with E-state index in [9.17, 15) is 4.79 Å². The van der Waals surface area contributed by atoms with E-state index in [1.807, 2.05) is 0 Å². The molecule has 0 aliphatic carbocycles. The van der Waals surface area contributed by atoms with Crippen molar-refractivity contribution in [2.24, 2.45) is 0 Å². The fourth-order valence-electron chi connectivity index (χ4n) is 1.37. The third kappa shape index (κ3) is 1.77. The molecule has 0 aliphatic rings. The van der Waals surface area contributed by atoms with Crippen molar-refractivity contribution in [3.8, 4) is 5.69 Å². The van der Waals surface area contributed by atoms with Crippen LogP contribution in [0.4, 0.5) is 0 Å². The van der Waals surface area contributed by atoms with Gasteiger partial charge in [-0.1, -0.05) is 17.7 Å². The van der Waals surface area contributed by atoms with Crippen molar-refractivity contribution in [3.63, 3.8) is 0 Å². The minimum Gasteiger partial charge on any atom is -0.465 e. The number of aromatic nitrogens is 3. The lowest BCUT2D eigenvalue weighted by molar-refractivity contribution is 0.0601. The van der Waals surface area contributed by atoms with Crippen LogP contribution < -0.4 is 0 Å². The van der Waals surface area contributed by atoms with Crippen LogP contribution >= 0.6 is 11.6 Å². The van der Waals surface area contributed by atoms with Gasteiger partial charge in [-0.05, 0) is 12.1 Å². The highest BCUT2D eigenvalue weighted by Crippen LogP contribution is 2.24. The van der Waals surface area contributed by atoms with Gasteiger partial charge in [0.1, 0.15) is 12.7 Å². The van der Waals surface area contributed by atoms with Crippen molar-refractivity contribution in [2.45, 2.75) is 0 Å². The second-order valence-electron chi connectivity index (χ2n) is 3.00. The molecule has 0 saturated carbocycles. The average Bonchev–Trinajstić information content (AvgIpc) is 2.81. The third-order valence-corrected chi connectivity index (χ3v) is 2.37. The Morgan fingerprint density at radius 1 is 1.38 bits per heavy atom. The van der Waals surface area contributed by atoms with Crippen molar-refractivity contribution in [3.05, 3.63) is 41.4 Å². The van der Waals surface area contributed by atoms with Gasteiger partial charge < -0.3 is 4.74 Å². The Morgan fingerprint density at radius 2 is 2.06 bits per heavy atom. The topological polar surface area (TPSA) is 57.0 Å². The second-order valence-corrected chi connectivity index (χ2v) is 3.40. The molecule has 1 heterocycles. The van der Waals surface area contributed by atoms with Gasteiger partial charge >= 0.3 is 5.97 Å². The van der Waals surface area contributed by atoms with Crippen molar-refractivity contribution in [2.75, 3.05) is 7.11 Å². The molecule has 82 valence electrons. The minimum atomic E-state index is -0.453. The lowest BCUT2D eigenvalue weighted by atomic mass is 10.2. The molecule has 0 saturated heterocycles. The molecule has 0 N–H and O–H groups in total. The highest BCUT2D eigenvalue weighted by molar-refractivity contribution is 6.33. The standard InChI is InChI=1S/C10H8ClN3O2/c1-16-10(15)7-3-2-4-8(11)9(7)14-5-12-13-6-14/h2-6H,1H3. The number of esters is 1. The van der Waals surface area contributed by atoms with E-state index in [2.05, 4.69) is 14.9 Å². The maximum atomic E-state index is 11.5. The summed E-state index contributed by atoms with van der Waals surface area (Å²) in [6.07, 6.45) is 2.93. The molecule has 0 atom stereocenters. The van der Waals surface area contributed by atoms with Crippen LogP contribution in [0.3, 0.4) is 0 Å². The number of methoxy groups -OCH3 is 1. The maximum absolute atomic E-state index is 11.5. The Hall–Kier alpha value is -1.88. The number of carbonyl (C=O) groups is 1. The predicted molar refractivity (Wildman–Crippen MR) is 57.7 cm³/mol. The molecular weight excluding hydrogens is 230 g/mol. The summed E-state index contributed by atoms with van der Waals surface area (Å²) in [5.74, 6) is -0.453. The quantitative estimate of drug-likeness (QED) is 0.746. The summed E-state index contributed by atoms with van der Waals surface area (Å²) in [5.41, 5.74) is 0.885. The zero-order valence-electron chi connectivity index (χ0n) is 8.42. The van der Waals surface area contributed by atoms with Gasteiger partial charge in [0.05, 0.1) is 23.4 Å². The number of para-hydroxylation sites is 1. The number of hydrogen-bond acceptors (Lipinski definition) is 4. The van der Waals surface area contributed by atoms with E-state index in [0.717, 1.165) is 0 Å². The van der Waals surface area contributed by atoms with Crippen LogP contribution in [0.25, 0.3) is 5.69 Å². The molecule has 0 unspecified atom stereocenters. The summed E-state index contributed by atoms with van der Waals surface area (Å²) in [6, 6.07) is 5.00. The molecule has 2 aromatic rings. The molecule has 0 fully saturated rings. The second kappa shape index (κ2) is 4.32. The van der Waals surface area contributed by atoms with Gasteiger partial charge in [0.2, 0.25) is 0 Å². The molecule has 2 rings (SSSR count). The van der Waals surface area contributed by atoms with Crippen LogP contribution in [-0.4, -0.2) is 27.8 Å². The first-order valence-corrected chi connectivity index (χ1v) is 4.83. The van der Waals surface area contributed by atoms with Crippen LogP contribution in [0.5, 0.6) is 0 Å². The molecule has 0 radical (unpaired) electrons. The van der Waals surface area contributed by atoms with Gasteiger partial charge in [-0.25, -0.2) is 4.79 Å². The van der Waals surface area contributed by atoms with Gasteiger partial charge in [-0.15, -0.1) is 10.2 Å². The largest absolute Gasteiger partial charge is 0.465 e. The number of benzene rings is 1. The third-order valence-electron chi connectivity index (χ3n) is 2.07. The SMILES string of the molecule is COC(=O)c1cccc(Cl)c1-n1cnnc1. The fourth-order valence-corrected chi connectivity index (χ4v) is 1.64. The van der Waals surface area contributed by atoms with E-state index in [1.54, 1.807) is 22.8 Å². The Morgan fingerprint density at radius 3 is 2.69 bits per heavy atom. The summed E-state index contributed by atoms with van der Waals surface area (Å²) in [5, 5.41) is 7.77. The summed E-state index contributed by atoms with van der Waals surface area (Å²) in [4.78, 5) is 11.5. The number of nitrogens with zero attached hydrogens (tertiary/aromatic N) is 3. The Bertz CT molecular complexity index is 511. The minimum absolute atomic E-state index is 0.370. The Balaban J connectivity index is 2.62. The van der Waals surface area contributed by atoms with E-state index < -0.39 is 5.97 Å². The van der Waals surface area contributed by atoms with E-state index in [0.29, 0.717) is 16.3 Å². The highest BCUT2D eigenvalue weighted by atomic mass is 35.5. The van der Waals surface area contributed by atoms with Gasteiger partial charge in [-0.3, -0.25) is 4.57 Å². The van der Waals surface area contributed by atoms with Crippen molar-refractivity contribution in [1.29, 1.82) is 0 Å². The number of halogens is 1. The normalized spacial score (nSPS) is 10.1. The molecular formula is C10H8ClN3O2. The van der Waals surface area contributed by atoms with Crippen molar-refractivity contribution < 1.29 is 9.53 Å². The molecule has 0 spiro atoms. The Kier molecular flexibility index (Phi) is 2.87. The molecule has 0 amide bonds. The van der Waals surface area contributed by atoms with Gasteiger partial charge in [0, 0.05) is 0 Å². The molecule has 1 aromatic carbocycles. The number of ether oxygens (including phenoxy) is 1. The van der Waals surface area contributed by atoms with E-state index >= 15 is 0 Å². The Labute approximate surface area is 96.6 Å². The number of rotatable bonds is 2. The molecule has 0 bridgehead atoms. The molecule has 6 heteroatoms. The predicted octanol–water partition coefficient (Wildman–Crippen LogP) is 1.71. The van der Waals surface area contributed by atoms with Crippen LogP contribution in [0, 0.1) is 0 Å². The summed E-state index contributed by atoms with van der Waals surface area (Å²) in [7, 11) is 1.32.